The van der Waals surface area contributed by atoms with Gasteiger partial charge >= 0.3 is 6.03 Å². The van der Waals surface area contributed by atoms with Gasteiger partial charge in [-0.25, -0.2) is 13.9 Å². The molecule has 14 heteroatoms. The Morgan fingerprint density at radius 2 is 1.48 bits per heavy atom. The van der Waals surface area contributed by atoms with Crippen LogP contribution < -0.4 is 35.8 Å². The Kier molecular flexibility index (Phi) is 10.2. The number of nitrogens with one attached hydrogen (secondary N) is 2. The number of para-hydroxylation sites is 1. The molecular weight excluding hydrogens is 738 g/mol. The summed E-state index contributed by atoms with van der Waals surface area (Å²) in [7, 11) is 0. The summed E-state index contributed by atoms with van der Waals surface area (Å²) in [5.74, 6) is 0.556. The van der Waals surface area contributed by atoms with Gasteiger partial charge in [0, 0.05) is 99.7 Å². The number of primary amides is 1. The minimum Gasteiger partial charge on any atom is -0.457 e. The molecule has 4 amide bonds. The SMILES string of the molecule is NC(=O)c1c(-c2ccc(Oc3ccccc3)cc2F)nn2c1Nc1ccc(N3CCN(CC4CCN(c5ccc(N6CCC(=O)NC6=O)cc5)CC4)CC3)cc1CC2. The van der Waals surface area contributed by atoms with Crippen molar-refractivity contribution in [1.82, 2.24) is 20.0 Å². The smallest absolute Gasteiger partial charge is 0.328 e. The van der Waals surface area contributed by atoms with Crippen molar-refractivity contribution in [2.45, 2.75) is 32.2 Å². The fraction of sp³-hybridized carbons (Fsp3) is 0.318. The van der Waals surface area contributed by atoms with Gasteiger partial charge in [-0.15, -0.1) is 0 Å². The van der Waals surface area contributed by atoms with E-state index in [2.05, 4.69) is 49.6 Å². The van der Waals surface area contributed by atoms with Crippen LogP contribution in [0.5, 0.6) is 11.5 Å². The molecule has 5 heterocycles. The topological polar surface area (TPSA) is 141 Å². The van der Waals surface area contributed by atoms with E-state index in [0.717, 1.165) is 81.3 Å². The fourth-order valence-electron chi connectivity index (χ4n) is 8.59. The number of piperazine rings is 1. The predicted molar refractivity (Wildman–Crippen MR) is 222 cm³/mol. The molecule has 0 aliphatic carbocycles. The number of imide groups is 1. The number of fused-ring (bicyclic) bond motifs is 2. The van der Waals surface area contributed by atoms with E-state index in [-0.39, 0.29) is 28.8 Å². The van der Waals surface area contributed by atoms with Crippen molar-refractivity contribution >= 4 is 46.4 Å². The van der Waals surface area contributed by atoms with Crippen LogP contribution >= 0.6 is 0 Å². The van der Waals surface area contributed by atoms with E-state index >= 15 is 4.39 Å². The van der Waals surface area contributed by atoms with Crippen LogP contribution in [0, 0.1) is 11.7 Å². The number of rotatable bonds is 9. The average molecular weight is 784 g/mol. The van der Waals surface area contributed by atoms with Crippen molar-refractivity contribution < 1.29 is 23.5 Å². The van der Waals surface area contributed by atoms with E-state index in [1.807, 2.05) is 36.4 Å². The van der Waals surface area contributed by atoms with Gasteiger partial charge in [0.25, 0.3) is 5.91 Å². The zero-order valence-electron chi connectivity index (χ0n) is 32.2. The quantitative estimate of drug-likeness (QED) is 0.156. The number of halogens is 1. The number of hydrogen-bond donors (Lipinski definition) is 3. The number of ether oxygens (including phenoxy) is 1. The largest absolute Gasteiger partial charge is 0.457 e. The number of aromatic nitrogens is 2. The highest BCUT2D eigenvalue weighted by Crippen LogP contribution is 2.38. The number of nitrogens with two attached hydrogens (primary N) is 1. The molecule has 0 atom stereocenters. The predicted octanol–water partition coefficient (Wildman–Crippen LogP) is 6.37. The Balaban J connectivity index is 0.790. The lowest BCUT2D eigenvalue weighted by Crippen LogP contribution is -2.49. The molecule has 4 aliphatic rings. The minimum atomic E-state index is -0.687. The maximum absolute atomic E-state index is 15.5. The highest BCUT2D eigenvalue weighted by Gasteiger charge is 2.30. The van der Waals surface area contributed by atoms with E-state index in [1.54, 1.807) is 33.8 Å². The molecule has 3 fully saturated rings. The summed E-state index contributed by atoms with van der Waals surface area (Å²) in [5.41, 5.74) is 11.6. The molecule has 4 N–H and O–H groups in total. The highest BCUT2D eigenvalue weighted by molar-refractivity contribution is 6.06. The number of carbonyl (C=O) groups excluding carboxylic acids is 3. The monoisotopic (exact) mass is 783 g/mol. The molecule has 0 unspecified atom stereocenters. The Labute approximate surface area is 336 Å². The summed E-state index contributed by atoms with van der Waals surface area (Å²) in [6, 6.07) is 27.8. The fourth-order valence-corrected chi connectivity index (χ4v) is 8.59. The van der Waals surface area contributed by atoms with Crippen molar-refractivity contribution in [2.24, 2.45) is 11.7 Å². The Morgan fingerprint density at radius 1 is 0.759 bits per heavy atom. The number of aryl methyl sites for hydroxylation is 2. The second kappa shape index (κ2) is 15.9. The summed E-state index contributed by atoms with van der Waals surface area (Å²) in [4.78, 5) is 45.7. The van der Waals surface area contributed by atoms with Gasteiger partial charge in [-0.3, -0.25) is 24.7 Å². The first kappa shape index (κ1) is 37.2. The zero-order valence-corrected chi connectivity index (χ0v) is 32.2. The van der Waals surface area contributed by atoms with Gasteiger partial charge in [-0.2, -0.15) is 5.10 Å². The summed E-state index contributed by atoms with van der Waals surface area (Å²) >= 11 is 0. The first-order valence-electron chi connectivity index (χ1n) is 20.0. The Bertz CT molecular complexity index is 2340. The van der Waals surface area contributed by atoms with Crippen LogP contribution in [0.4, 0.5) is 37.8 Å². The molecule has 1 aromatic heterocycles. The maximum Gasteiger partial charge on any atom is 0.328 e. The zero-order chi connectivity index (χ0) is 39.8. The number of anilines is 5. The molecule has 0 saturated carbocycles. The third-order valence-corrected chi connectivity index (χ3v) is 11.8. The molecule has 4 aliphatic heterocycles. The molecule has 0 radical (unpaired) electrons. The van der Waals surface area contributed by atoms with Crippen molar-refractivity contribution in [3.8, 4) is 22.8 Å². The standard InChI is InChI=1S/C44H46FN9O4/c45-37-27-35(58-34-4-2-1-3-5-34)11-12-36(37)41-40(42(46)56)43-47-38-13-10-33(26-30(38)16-21-54(43)49-41)52-24-22-50(23-25-52)28-29-14-18-51(19-15-29)31-6-8-32(9-7-31)53-20-17-39(55)48-44(53)57/h1-13,26-27,29,47H,14-25,28H2,(H2,46,56)(H,48,55,57). The molecule has 0 spiro atoms. The average Bonchev–Trinajstić information content (AvgIpc) is 3.49. The van der Waals surface area contributed by atoms with E-state index in [4.69, 9.17) is 15.6 Å². The first-order chi connectivity index (χ1) is 28.3. The van der Waals surface area contributed by atoms with Crippen LogP contribution in [-0.2, 0) is 17.8 Å². The summed E-state index contributed by atoms with van der Waals surface area (Å²) < 4.78 is 23.1. The molecule has 9 rings (SSSR count). The third-order valence-electron chi connectivity index (χ3n) is 11.8. The lowest BCUT2D eigenvalue weighted by molar-refractivity contribution is -0.120. The maximum atomic E-state index is 15.5. The molecule has 298 valence electrons. The van der Waals surface area contributed by atoms with Crippen LogP contribution in [0.3, 0.4) is 0 Å². The summed E-state index contributed by atoms with van der Waals surface area (Å²) in [5, 5.41) is 10.5. The number of urea groups is 1. The van der Waals surface area contributed by atoms with Gasteiger partial charge in [0.15, 0.2) is 0 Å². The third kappa shape index (κ3) is 7.67. The Morgan fingerprint density at radius 3 is 2.21 bits per heavy atom. The molecule has 5 aromatic rings. The minimum absolute atomic E-state index is 0.147. The summed E-state index contributed by atoms with van der Waals surface area (Å²) in [6.45, 7) is 7.89. The lowest BCUT2D eigenvalue weighted by Gasteiger charge is -2.40. The van der Waals surface area contributed by atoms with Crippen molar-refractivity contribution in [2.75, 3.05) is 72.4 Å². The number of amides is 4. The molecule has 0 bridgehead atoms. The molecule has 3 saturated heterocycles. The summed E-state index contributed by atoms with van der Waals surface area (Å²) in [6.07, 6.45) is 3.26. The number of hydrogen-bond acceptors (Lipinski definition) is 9. The lowest BCUT2D eigenvalue weighted by atomic mass is 9.95. The first-order valence-corrected chi connectivity index (χ1v) is 20.0. The van der Waals surface area contributed by atoms with Gasteiger partial charge < -0.3 is 25.6 Å². The molecule has 4 aromatic carbocycles. The van der Waals surface area contributed by atoms with Crippen molar-refractivity contribution in [3.05, 3.63) is 108 Å². The van der Waals surface area contributed by atoms with Crippen molar-refractivity contribution in [1.29, 1.82) is 0 Å². The molecule has 58 heavy (non-hydrogen) atoms. The second-order valence-corrected chi connectivity index (χ2v) is 15.4. The van der Waals surface area contributed by atoms with Crippen LogP contribution in [0.25, 0.3) is 11.3 Å². The van der Waals surface area contributed by atoms with Crippen LogP contribution in [-0.4, -0.2) is 84.9 Å². The van der Waals surface area contributed by atoms with E-state index < -0.39 is 11.7 Å². The molecule has 13 nitrogen and oxygen atoms in total. The van der Waals surface area contributed by atoms with Gasteiger partial charge in [0.05, 0.1) is 0 Å². The normalized spacial score (nSPS) is 17.6. The van der Waals surface area contributed by atoms with Crippen LogP contribution in [0.1, 0.15) is 35.2 Å². The number of nitrogens with zero attached hydrogens (tertiary/aromatic N) is 6. The number of benzene rings is 4. The van der Waals surface area contributed by atoms with Gasteiger partial charge in [-0.05, 0) is 97.5 Å². The van der Waals surface area contributed by atoms with Gasteiger partial charge in [0.1, 0.15) is 34.4 Å². The second-order valence-electron chi connectivity index (χ2n) is 15.4. The van der Waals surface area contributed by atoms with E-state index in [0.29, 0.717) is 49.2 Å². The van der Waals surface area contributed by atoms with Crippen molar-refractivity contribution in [3.63, 3.8) is 0 Å². The van der Waals surface area contributed by atoms with Crippen LogP contribution in [0.15, 0.2) is 91.0 Å². The highest BCUT2D eigenvalue weighted by atomic mass is 19.1. The molecular formula is C44H46FN9O4. The van der Waals surface area contributed by atoms with Gasteiger partial charge in [0.2, 0.25) is 5.91 Å². The number of piperidine rings is 1. The van der Waals surface area contributed by atoms with Crippen LogP contribution in [0.2, 0.25) is 0 Å². The van der Waals surface area contributed by atoms with Gasteiger partial charge in [-0.1, -0.05) is 18.2 Å². The number of carbonyl (C=O) groups is 3. The Hall–Kier alpha value is -6.41. The van der Waals surface area contributed by atoms with E-state index in [9.17, 15) is 14.4 Å². The van der Waals surface area contributed by atoms with E-state index in [1.165, 1.54) is 11.8 Å².